The van der Waals surface area contributed by atoms with Crippen LogP contribution in [0.1, 0.15) is 59.2 Å². The van der Waals surface area contributed by atoms with E-state index in [2.05, 4.69) is 75.6 Å². The zero-order valence-electron chi connectivity index (χ0n) is 30.8. The molecule has 0 unspecified atom stereocenters. The second-order valence-corrected chi connectivity index (χ2v) is 12.5. The third-order valence-electron chi connectivity index (χ3n) is 7.32. The van der Waals surface area contributed by atoms with Crippen molar-refractivity contribution in [3.63, 3.8) is 0 Å². The number of ether oxygens (including phenoxy) is 1. The third-order valence-corrected chi connectivity index (χ3v) is 7.32. The Bertz CT molecular complexity index is 1580. The van der Waals surface area contributed by atoms with Crippen molar-refractivity contribution in [2.75, 3.05) is 29.6 Å². The smallest absolute Gasteiger partial charge is 0.490 e. The summed E-state index contributed by atoms with van der Waals surface area (Å²) in [5.41, 5.74) is 12.0. The molecule has 0 bridgehead atoms. The second kappa shape index (κ2) is 20.7. The van der Waals surface area contributed by atoms with Crippen LogP contribution in [0.25, 0.3) is 0 Å². The van der Waals surface area contributed by atoms with E-state index in [1.165, 1.54) is 63.3 Å². The minimum absolute atomic E-state index is 0. The van der Waals surface area contributed by atoms with Crippen LogP contribution < -0.4 is 14.5 Å². The minimum Gasteiger partial charge on any atom is -0.491 e. The normalized spacial score (nSPS) is 12.5. The van der Waals surface area contributed by atoms with Gasteiger partial charge in [-0.2, -0.15) is 26.3 Å². The molecule has 0 aliphatic carbocycles. The fourth-order valence-electron chi connectivity index (χ4n) is 5.64. The molecule has 2 N–H and O–H groups in total. The Labute approximate surface area is 317 Å². The van der Waals surface area contributed by atoms with Crippen molar-refractivity contribution in [2.45, 2.75) is 87.2 Å². The summed E-state index contributed by atoms with van der Waals surface area (Å²) >= 11 is 0. The maximum Gasteiger partial charge on any atom is 0.490 e. The van der Waals surface area contributed by atoms with Gasteiger partial charge >= 0.3 is 24.3 Å². The molecule has 296 valence electrons. The van der Waals surface area contributed by atoms with Gasteiger partial charge in [0.25, 0.3) is 5.69 Å². The Hall–Kier alpha value is -4.40. The molecule has 53 heavy (non-hydrogen) atoms. The SMILES string of the molecule is Cc1cc(C)c(N2CCCN(c3c(C)cc(C)cc3C)C2)c(C)c1.Cc1cc([N+](=O)[O-])ccc1OC(C)C.O=C(O)C(F)(F)F.O=C(O)C(F)(F)F.[Ru]. The standard InChI is InChI=1S/C22H30N2.C10H13NO3.2C2HF3O2.Ru/c1-15-10-17(3)21(18(4)11-15)23-8-7-9-24(14-23)22-19(5)12-16(2)13-20(22)6;1-7(2)14-10-5-4-9(11(12)13)6-8(10)3;2*3-2(4,5)1(6)7;/h10-13H,7-9,14H2,1-6H3;4-7H,1-3H3;2*(H,6,7);. The monoisotopic (exact) mass is 847 g/mol. The number of nitrogens with zero attached hydrogens (tertiary/aromatic N) is 3. The molecule has 3 aromatic rings. The zero-order valence-corrected chi connectivity index (χ0v) is 32.6. The van der Waals surface area contributed by atoms with Gasteiger partial charge in [0, 0.05) is 56.1 Å². The number of nitro groups is 1. The average Bonchev–Trinajstić information content (AvgIpc) is 2.97. The Morgan fingerprint density at radius 1 is 0.717 bits per heavy atom. The molecule has 0 atom stereocenters. The Balaban J connectivity index is 0.000000789. The molecule has 0 aromatic heterocycles. The number of rotatable bonds is 5. The van der Waals surface area contributed by atoms with E-state index in [9.17, 15) is 36.5 Å². The van der Waals surface area contributed by atoms with Crippen molar-refractivity contribution in [1.29, 1.82) is 0 Å². The van der Waals surface area contributed by atoms with Crippen molar-refractivity contribution in [3.8, 4) is 5.75 Å². The number of hydrogen-bond donors (Lipinski definition) is 2. The van der Waals surface area contributed by atoms with Gasteiger partial charge in [0.2, 0.25) is 0 Å². The second-order valence-electron chi connectivity index (χ2n) is 12.5. The van der Waals surface area contributed by atoms with Crippen LogP contribution in [0.5, 0.6) is 5.75 Å². The van der Waals surface area contributed by atoms with Gasteiger partial charge in [0.05, 0.1) is 17.7 Å². The summed E-state index contributed by atoms with van der Waals surface area (Å²) in [6.07, 6.45) is -8.88. The van der Waals surface area contributed by atoms with Gasteiger partial charge < -0.3 is 24.7 Å². The van der Waals surface area contributed by atoms with Crippen LogP contribution in [0.2, 0.25) is 0 Å². The third kappa shape index (κ3) is 16.0. The van der Waals surface area contributed by atoms with Crippen LogP contribution >= 0.6 is 0 Å². The Kier molecular flexibility index (Phi) is 19.0. The average molecular weight is 847 g/mol. The van der Waals surface area contributed by atoms with Gasteiger partial charge in [-0.05, 0) is 103 Å². The van der Waals surface area contributed by atoms with E-state index in [4.69, 9.17) is 24.5 Å². The molecule has 1 aliphatic heterocycles. The first-order valence-electron chi connectivity index (χ1n) is 15.9. The molecule has 4 rings (SSSR count). The number of aryl methyl sites for hydroxylation is 7. The molecule has 1 saturated heterocycles. The summed E-state index contributed by atoms with van der Waals surface area (Å²) in [4.78, 5) is 33.0. The van der Waals surface area contributed by atoms with Crippen molar-refractivity contribution in [2.24, 2.45) is 0 Å². The van der Waals surface area contributed by atoms with Crippen molar-refractivity contribution in [3.05, 3.63) is 91.5 Å². The molecular weight excluding hydrogens is 801 g/mol. The fourth-order valence-corrected chi connectivity index (χ4v) is 5.64. The number of aliphatic carboxylic acids is 2. The topological polar surface area (TPSA) is 133 Å². The number of anilines is 2. The molecule has 0 saturated carbocycles. The number of nitro benzene ring substituents is 1. The fraction of sp³-hybridized carbons (Fsp3) is 0.444. The van der Waals surface area contributed by atoms with Crippen molar-refractivity contribution >= 4 is 29.0 Å². The summed E-state index contributed by atoms with van der Waals surface area (Å²) in [6.45, 7) is 22.3. The van der Waals surface area contributed by atoms with Crippen LogP contribution in [0.4, 0.5) is 43.4 Å². The summed E-state index contributed by atoms with van der Waals surface area (Å²) in [6, 6.07) is 13.8. The number of carboxylic acid groups (broad SMARTS) is 2. The Morgan fingerprint density at radius 2 is 1.06 bits per heavy atom. The number of halogens is 6. The van der Waals surface area contributed by atoms with Gasteiger partial charge in [0.15, 0.2) is 0 Å². The molecule has 0 radical (unpaired) electrons. The molecule has 0 spiro atoms. The predicted molar refractivity (Wildman–Crippen MR) is 186 cm³/mol. The minimum atomic E-state index is -5.08. The van der Waals surface area contributed by atoms with Crippen molar-refractivity contribution < 1.29 is 75.3 Å². The van der Waals surface area contributed by atoms with E-state index >= 15 is 0 Å². The van der Waals surface area contributed by atoms with E-state index in [-0.39, 0.29) is 31.3 Å². The first-order chi connectivity index (χ1) is 23.8. The number of benzene rings is 3. The van der Waals surface area contributed by atoms with Gasteiger partial charge in [-0.3, -0.25) is 10.1 Å². The van der Waals surface area contributed by atoms with Crippen LogP contribution in [0, 0.1) is 58.6 Å². The maximum absolute atomic E-state index is 10.6. The number of non-ortho nitro benzene ring substituents is 1. The van der Waals surface area contributed by atoms with Crippen LogP contribution in [-0.4, -0.2) is 65.3 Å². The van der Waals surface area contributed by atoms with Gasteiger partial charge in [0.1, 0.15) is 5.75 Å². The molecule has 17 heteroatoms. The first-order valence-corrected chi connectivity index (χ1v) is 15.9. The molecule has 1 fully saturated rings. The van der Waals surface area contributed by atoms with Gasteiger partial charge in [-0.15, -0.1) is 0 Å². The van der Waals surface area contributed by atoms with E-state index in [0.29, 0.717) is 5.75 Å². The van der Waals surface area contributed by atoms with Crippen LogP contribution in [0.15, 0.2) is 42.5 Å². The molecule has 3 aromatic carbocycles. The summed E-state index contributed by atoms with van der Waals surface area (Å²) in [5, 5.41) is 24.7. The van der Waals surface area contributed by atoms with Crippen LogP contribution in [0.3, 0.4) is 0 Å². The first kappa shape index (κ1) is 48.6. The van der Waals surface area contributed by atoms with Gasteiger partial charge in [-0.1, -0.05) is 35.4 Å². The summed E-state index contributed by atoms with van der Waals surface area (Å²) in [7, 11) is 0. The Morgan fingerprint density at radius 3 is 1.32 bits per heavy atom. The van der Waals surface area contributed by atoms with E-state index in [0.717, 1.165) is 25.3 Å². The quantitative estimate of drug-likeness (QED) is 0.112. The summed E-state index contributed by atoms with van der Waals surface area (Å²) < 4.78 is 68.9. The maximum atomic E-state index is 10.6. The molecule has 0 amide bonds. The van der Waals surface area contributed by atoms with E-state index < -0.39 is 29.2 Å². The van der Waals surface area contributed by atoms with E-state index in [1.807, 2.05) is 13.8 Å². The summed E-state index contributed by atoms with van der Waals surface area (Å²) in [5.74, 6) is -4.81. The number of alkyl halides is 6. The number of carboxylic acids is 2. The molecule has 1 aliphatic rings. The molecular formula is C36H45F6N3O7Ru. The molecule has 10 nitrogen and oxygen atoms in total. The van der Waals surface area contributed by atoms with Crippen LogP contribution in [-0.2, 0) is 29.1 Å². The predicted octanol–water partition coefficient (Wildman–Crippen LogP) is 9.17. The zero-order chi connectivity index (χ0) is 40.3. The van der Waals surface area contributed by atoms with Gasteiger partial charge in [-0.25, -0.2) is 9.59 Å². The molecule has 1 heterocycles. The van der Waals surface area contributed by atoms with E-state index in [1.54, 1.807) is 13.0 Å². The largest absolute Gasteiger partial charge is 0.491 e. The van der Waals surface area contributed by atoms with Crippen molar-refractivity contribution in [1.82, 2.24) is 0 Å². The number of carbonyl (C=O) groups is 2. The number of hydrogen-bond acceptors (Lipinski definition) is 7.